The molecule has 1 unspecified atom stereocenters. The third-order valence-corrected chi connectivity index (χ3v) is 4.90. The molecule has 152 valence electrons. The van der Waals surface area contributed by atoms with Crippen molar-refractivity contribution in [2.45, 2.75) is 33.2 Å². The number of carbonyl (C=O) groups excluding carboxylic acids is 1. The number of methoxy groups -OCH3 is 1. The number of pyridine rings is 1. The summed E-state index contributed by atoms with van der Waals surface area (Å²) in [6.07, 6.45) is 0.457. The van der Waals surface area contributed by atoms with Gasteiger partial charge in [0.2, 0.25) is 5.91 Å². The number of nitrogens with one attached hydrogen (secondary N) is 1. The average molecular weight is 394 g/mol. The lowest BCUT2D eigenvalue weighted by atomic mass is 10.1. The number of ether oxygens (including phenoxy) is 2. The van der Waals surface area contributed by atoms with Gasteiger partial charge in [-0.25, -0.2) is 0 Å². The summed E-state index contributed by atoms with van der Waals surface area (Å²) in [5.41, 5.74) is 1.90. The Balaban J connectivity index is 2.02. The second-order valence-electron chi connectivity index (χ2n) is 6.76. The van der Waals surface area contributed by atoms with Crippen molar-refractivity contribution in [3.63, 3.8) is 0 Å². The average Bonchev–Trinajstić information content (AvgIpc) is 2.72. The molecule has 2 aromatic carbocycles. The summed E-state index contributed by atoms with van der Waals surface area (Å²) in [6, 6.07) is 13.7. The van der Waals surface area contributed by atoms with Gasteiger partial charge < -0.3 is 14.8 Å². The van der Waals surface area contributed by atoms with E-state index >= 15 is 0 Å². The lowest BCUT2D eigenvalue weighted by Gasteiger charge is -2.22. The number of hydrogen-bond donors (Lipinski definition) is 1. The molecule has 1 N–H and O–H groups in total. The zero-order chi connectivity index (χ0) is 21.0. The van der Waals surface area contributed by atoms with Gasteiger partial charge in [0.05, 0.1) is 19.2 Å². The molecule has 0 saturated carbocycles. The number of aryl methyl sites for hydroxylation is 1. The summed E-state index contributed by atoms with van der Waals surface area (Å²) in [5, 5.41) is 3.80. The molecule has 6 heteroatoms. The number of benzene rings is 2. The van der Waals surface area contributed by atoms with E-state index < -0.39 is 6.04 Å². The van der Waals surface area contributed by atoms with Crippen molar-refractivity contribution in [2.24, 2.45) is 0 Å². The lowest BCUT2D eigenvalue weighted by molar-refractivity contribution is -0.119. The maximum Gasteiger partial charge on any atom is 0.252 e. The van der Waals surface area contributed by atoms with Crippen molar-refractivity contribution in [1.82, 2.24) is 4.57 Å². The molecule has 0 saturated heterocycles. The summed E-state index contributed by atoms with van der Waals surface area (Å²) in [7, 11) is 1.56. The highest BCUT2D eigenvalue weighted by molar-refractivity contribution is 5.96. The van der Waals surface area contributed by atoms with Gasteiger partial charge in [0, 0.05) is 17.1 Å². The molecule has 1 heterocycles. The van der Waals surface area contributed by atoms with Gasteiger partial charge in [-0.1, -0.05) is 19.1 Å². The van der Waals surface area contributed by atoms with Crippen LogP contribution in [0, 0.1) is 6.92 Å². The first-order valence-corrected chi connectivity index (χ1v) is 9.72. The van der Waals surface area contributed by atoms with Gasteiger partial charge >= 0.3 is 0 Å². The number of para-hydroxylation sites is 1. The first-order valence-electron chi connectivity index (χ1n) is 9.72. The van der Waals surface area contributed by atoms with Gasteiger partial charge in [-0.3, -0.25) is 14.2 Å². The highest BCUT2D eigenvalue weighted by Gasteiger charge is 2.24. The van der Waals surface area contributed by atoms with Crippen LogP contribution in [0.5, 0.6) is 11.5 Å². The monoisotopic (exact) mass is 394 g/mol. The molecule has 6 nitrogen and oxygen atoms in total. The van der Waals surface area contributed by atoms with Crippen LogP contribution in [0.2, 0.25) is 0 Å². The molecule has 0 aliphatic rings. The van der Waals surface area contributed by atoms with Crippen LogP contribution in [0.3, 0.4) is 0 Å². The van der Waals surface area contributed by atoms with Crippen LogP contribution >= 0.6 is 0 Å². The number of amides is 1. The Morgan fingerprint density at radius 1 is 1.14 bits per heavy atom. The Morgan fingerprint density at radius 2 is 1.86 bits per heavy atom. The molecule has 0 bridgehead atoms. The quantitative estimate of drug-likeness (QED) is 0.648. The minimum atomic E-state index is -0.673. The predicted octanol–water partition coefficient (Wildman–Crippen LogP) is 4.31. The first-order chi connectivity index (χ1) is 14.0. The third-order valence-electron chi connectivity index (χ3n) is 4.90. The molecule has 29 heavy (non-hydrogen) atoms. The molecule has 0 fully saturated rings. The fraction of sp³-hybridized carbons (Fsp3) is 0.304. The minimum absolute atomic E-state index is 0.229. The second-order valence-corrected chi connectivity index (χ2v) is 6.76. The normalized spacial score (nSPS) is 11.9. The molecule has 1 amide bonds. The number of fused-ring (bicyclic) bond motifs is 1. The van der Waals surface area contributed by atoms with E-state index in [1.807, 2.05) is 32.9 Å². The van der Waals surface area contributed by atoms with E-state index in [0.29, 0.717) is 30.0 Å². The highest BCUT2D eigenvalue weighted by Crippen LogP contribution is 2.29. The summed E-state index contributed by atoms with van der Waals surface area (Å²) < 4.78 is 12.5. The largest absolute Gasteiger partial charge is 0.495 e. The molecule has 3 aromatic rings. The summed E-state index contributed by atoms with van der Waals surface area (Å²) >= 11 is 0. The zero-order valence-corrected chi connectivity index (χ0v) is 17.2. The van der Waals surface area contributed by atoms with Gasteiger partial charge in [0.15, 0.2) is 0 Å². The number of carbonyl (C=O) groups is 1. The van der Waals surface area contributed by atoms with Gasteiger partial charge in [0.1, 0.15) is 17.5 Å². The number of anilines is 1. The van der Waals surface area contributed by atoms with Gasteiger partial charge in [-0.15, -0.1) is 0 Å². The van der Waals surface area contributed by atoms with Crippen molar-refractivity contribution in [3.8, 4) is 11.5 Å². The van der Waals surface area contributed by atoms with Crippen LogP contribution in [0.15, 0.2) is 53.3 Å². The molecular formula is C23H26N2O4. The molecule has 1 atom stereocenters. The van der Waals surface area contributed by atoms with E-state index in [4.69, 9.17) is 9.47 Å². The minimum Gasteiger partial charge on any atom is -0.495 e. The Morgan fingerprint density at radius 3 is 2.48 bits per heavy atom. The van der Waals surface area contributed by atoms with Gasteiger partial charge in [-0.2, -0.15) is 0 Å². The highest BCUT2D eigenvalue weighted by atomic mass is 16.5. The van der Waals surface area contributed by atoms with E-state index in [1.54, 1.807) is 43.5 Å². The molecular weight excluding hydrogens is 368 g/mol. The van der Waals surface area contributed by atoms with Crippen LogP contribution in [0.25, 0.3) is 10.9 Å². The van der Waals surface area contributed by atoms with Crippen molar-refractivity contribution >= 4 is 22.5 Å². The van der Waals surface area contributed by atoms with Gasteiger partial charge in [-0.05, 0) is 56.2 Å². The van der Waals surface area contributed by atoms with E-state index in [0.717, 1.165) is 16.7 Å². The SMILES string of the molecule is CCOc1ccc(NC(=O)C(CC)n2c(=O)cc(C)c3cccc(OC)c32)cc1. The number of nitrogens with zero attached hydrogens (tertiary/aromatic N) is 1. The van der Waals surface area contributed by atoms with Crippen molar-refractivity contribution < 1.29 is 14.3 Å². The first kappa shape index (κ1) is 20.5. The van der Waals surface area contributed by atoms with Crippen LogP contribution in [0.4, 0.5) is 5.69 Å². The Hall–Kier alpha value is -3.28. The number of aromatic nitrogens is 1. The van der Waals surface area contributed by atoms with E-state index in [2.05, 4.69) is 5.32 Å². The third kappa shape index (κ3) is 4.11. The fourth-order valence-electron chi connectivity index (χ4n) is 3.52. The maximum atomic E-state index is 13.1. The van der Waals surface area contributed by atoms with E-state index in [9.17, 15) is 9.59 Å². The van der Waals surface area contributed by atoms with Crippen LogP contribution in [-0.4, -0.2) is 24.2 Å². The fourth-order valence-corrected chi connectivity index (χ4v) is 3.52. The van der Waals surface area contributed by atoms with Crippen LogP contribution < -0.4 is 20.3 Å². The topological polar surface area (TPSA) is 69.6 Å². The Bertz CT molecular complexity index is 1070. The summed E-state index contributed by atoms with van der Waals surface area (Å²) in [5.74, 6) is 1.05. The zero-order valence-electron chi connectivity index (χ0n) is 17.2. The Kier molecular flexibility index (Phi) is 6.22. The second kappa shape index (κ2) is 8.82. The summed E-state index contributed by atoms with van der Waals surface area (Å²) in [4.78, 5) is 26.0. The van der Waals surface area contributed by atoms with Gasteiger partial charge in [0.25, 0.3) is 5.56 Å². The van der Waals surface area contributed by atoms with Crippen molar-refractivity contribution in [1.29, 1.82) is 0 Å². The van der Waals surface area contributed by atoms with Crippen molar-refractivity contribution in [3.05, 3.63) is 64.4 Å². The smallest absolute Gasteiger partial charge is 0.252 e. The number of rotatable bonds is 7. The Labute approximate surface area is 170 Å². The molecule has 0 spiro atoms. The van der Waals surface area contributed by atoms with E-state index in [1.165, 1.54) is 4.57 Å². The maximum absolute atomic E-state index is 13.1. The molecule has 1 aromatic heterocycles. The predicted molar refractivity (Wildman–Crippen MR) is 115 cm³/mol. The lowest BCUT2D eigenvalue weighted by Crippen LogP contribution is -2.33. The van der Waals surface area contributed by atoms with E-state index in [-0.39, 0.29) is 11.5 Å². The molecule has 3 rings (SSSR count). The molecule has 0 aliphatic heterocycles. The molecule has 0 aliphatic carbocycles. The summed E-state index contributed by atoms with van der Waals surface area (Å²) in [6.45, 7) is 6.26. The van der Waals surface area contributed by atoms with Crippen molar-refractivity contribution in [2.75, 3.05) is 19.0 Å². The van der Waals surface area contributed by atoms with Crippen LogP contribution in [-0.2, 0) is 4.79 Å². The standard InChI is InChI=1S/C23H26N2O4/c1-5-19(23(27)24-16-10-12-17(13-11-16)29-6-2)25-21(26)14-15(3)18-8-7-9-20(28-4)22(18)25/h7-14,19H,5-6H2,1-4H3,(H,24,27). The molecule has 0 radical (unpaired) electrons. The van der Waals surface area contributed by atoms with Crippen LogP contribution in [0.1, 0.15) is 31.9 Å². The number of hydrogen-bond acceptors (Lipinski definition) is 4.